The van der Waals surface area contributed by atoms with E-state index in [1.165, 1.54) is 11.3 Å². The van der Waals surface area contributed by atoms with E-state index in [-0.39, 0.29) is 0 Å². The quantitative estimate of drug-likeness (QED) is 0.854. The first-order valence-corrected chi connectivity index (χ1v) is 8.32. The lowest BCUT2D eigenvalue weighted by Gasteiger charge is -2.29. The lowest BCUT2D eigenvalue weighted by atomic mass is 10.0. The number of nitrogens with zero attached hydrogens (tertiary/aromatic N) is 4. The van der Waals surface area contributed by atoms with Crippen LogP contribution >= 0.6 is 22.9 Å². The van der Waals surface area contributed by atoms with E-state index in [1.54, 1.807) is 0 Å². The highest BCUT2D eigenvalue weighted by molar-refractivity contribution is 7.16. The summed E-state index contributed by atoms with van der Waals surface area (Å²) in [5.74, 6) is 1.57. The summed E-state index contributed by atoms with van der Waals surface area (Å²) >= 11 is 7.77. The Morgan fingerprint density at radius 1 is 1.45 bits per heavy atom. The van der Waals surface area contributed by atoms with Gasteiger partial charge in [0.15, 0.2) is 0 Å². The zero-order chi connectivity index (χ0) is 15.9. The van der Waals surface area contributed by atoms with Crippen molar-refractivity contribution < 1.29 is 0 Å². The third-order valence-corrected chi connectivity index (χ3v) is 5.25. The molecule has 0 aromatic carbocycles. The Hall–Kier alpha value is -1.84. The first-order valence-electron chi connectivity index (χ1n) is 7.13. The molecule has 0 spiro atoms. The highest BCUT2D eigenvalue weighted by atomic mass is 35.5. The molecular formula is C15H16ClN5S. The van der Waals surface area contributed by atoms with Gasteiger partial charge in [-0.25, -0.2) is 9.97 Å². The average molecular weight is 334 g/mol. The fourth-order valence-corrected chi connectivity index (χ4v) is 4.27. The van der Waals surface area contributed by atoms with E-state index < -0.39 is 0 Å². The van der Waals surface area contributed by atoms with Crippen molar-refractivity contribution >= 4 is 33.8 Å². The van der Waals surface area contributed by atoms with E-state index in [1.807, 2.05) is 6.92 Å². The Morgan fingerprint density at radius 2 is 2.23 bits per heavy atom. The molecular weight excluding hydrogens is 318 g/mol. The summed E-state index contributed by atoms with van der Waals surface area (Å²) in [4.78, 5) is 12.2. The molecule has 0 amide bonds. The van der Waals surface area contributed by atoms with Gasteiger partial charge in [-0.1, -0.05) is 18.5 Å². The van der Waals surface area contributed by atoms with Crippen LogP contribution in [0.3, 0.4) is 0 Å². The minimum Gasteiger partial charge on any atom is -0.389 e. The number of nitrogen functional groups attached to an aromatic ring is 1. The molecule has 1 aliphatic rings. The molecule has 2 aromatic rings. The van der Waals surface area contributed by atoms with Gasteiger partial charge in [0.25, 0.3) is 0 Å². The van der Waals surface area contributed by atoms with Gasteiger partial charge in [-0.15, -0.1) is 11.3 Å². The van der Waals surface area contributed by atoms with Crippen molar-refractivity contribution in [2.24, 2.45) is 0 Å². The lowest BCUT2D eigenvalue weighted by molar-refractivity contribution is 0.721. The molecule has 1 aliphatic heterocycles. The van der Waals surface area contributed by atoms with Crippen LogP contribution in [-0.4, -0.2) is 16.5 Å². The number of rotatable bonds is 2. The van der Waals surface area contributed by atoms with Crippen LogP contribution in [0.4, 0.5) is 10.8 Å². The predicted molar refractivity (Wildman–Crippen MR) is 89.4 cm³/mol. The fraction of sp³-hybridized carbons (Fsp3) is 0.400. The predicted octanol–water partition coefficient (Wildman–Crippen LogP) is 3.08. The topological polar surface area (TPSA) is 78.8 Å². The highest BCUT2D eigenvalue weighted by Crippen LogP contribution is 2.37. The maximum atomic E-state index is 9.23. The summed E-state index contributed by atoms with van der Waals surface area (Å²) in [5, 5.41) is 10.4. The fourth-order valence-electron chi connectivity index (χ4n) is 2.84. The van der Waals surface area contributed by atoms with Crippen LogP contribution in [0.2, 0.25) is 5.15 Å². The molecule has 7 heteroatoms. The largest absolute Gasteiger partial charge is 0.389 e. The number of hydrogen-bond acceptors (Lipinski definition) is 6. The van der Waals surface area contributed by atoms with Gasteiger partial charge in [-0.2, -0.15) is 5.26 Å². The third-order valence-electron chi connectivity index (χ3n) is 3.90. The molecule has 3 heterocycles. The van der Waals surface area contributed by atoms with Crippen molar-refractivity contribution in [3.05, 3.63) is 32.5 Å². The Labute approximate surface area is 138 Å². The van der Waals surface area contributed by atoms with Crippen molar-refractivity contribution in [2.45, 2.75) is 33.2 Å². The number of hydrogen-bond donors (Lipinski definition) is 1. The van der Waals surface area contributed by atoms with Gasteiger partial charge in [0.1, 0.15) is 27.9 Å². The lowest BCUT2D eigenvalue weighted by Crippen LogP contribution is -2.31. The standard InChI is InChI=1S/C15H16ClN5S/c1-3-9-13(16)19-8(2)20-15(9)21-5-4-10-11(6-17)14(18)22-12(10)7-21/h3-5,7,18H2,1-2H3. The van der Waals surface area contributed by atoms with Gasteiger partial charge in [-0.3, -0.25) is 0 Å². The Bertz CT molecular complexity index is 777. The molecule has 0 saturated heterocycles. The summed E-state index contributed by atoms with van der Waals surface area (Å²) in [6.45, 7) is 5.42. The Balaban J connectivity index is 2.01. The maximum absolute atomic E-state index is 9.23. The number of thiophene rings is 1. The molecule has 0 aliphatic carbocycles. The molecule has 0 atom stereocenters. The Kier molecular flexibility index (Phi) is 3.94. The van der Waals surface area contributed by atoms with Crippen LogP contribution < -0.4 is 10.6 Å². The van der Waals surface area contributed by atoms with Crippen molar-refractivity contribution in [1.82, 2.24) is 9.97 Å². The summed E-state index contributed by atoms with van der Waals surface area (Å²) in [7, 11) is 0. The Morgan fingerprint density at radius 3 is 2.91 bits per heavy atom. The molecule has 3 rings (SSSR count). The molecule has 114 valence electrons. The average Bonchev–Trinajstić information content (AvgIpc) is 2.80. The van der Waals surface area contributed by atoms with Crippen LogP contribution in [0.5, 0.6) is 0 Å². The normalized spacial score (nSPS) is 13.8. The molecule has 0 radical (unpaired) electrons. The summed E-state index contributed by atoms with van der Waals surface area (Å²) in [5.41, 5.74) is 8.66. The molecule has 0 unspecified atom stereocenters. The van der Waals surface area contributed by atoms with Crippen molar-refractivity contribution in [2.75, 3.05) is 17.2 Å². The molecule has 5 nitrogen and oxygen atoms in total. The van der Waals surface area contributed by atoms with Crippen LogP contribution in [0, 0.1) is 18.3 Å². The van der Waals surface area contributed by atoms with E-state index in [0.717, 1.165) is 41.2 Å². The maximum Gasteiger partial charge on any atom is 0.138 e. The van der Waals surface area contributed by atoms with Gasteiger partial charge >= 0.3 is 0 Å². The second-order valence-corrected chi connectivity index (χ2v) is 6.74. The van der Waals surface area contributed by atoms with E-state index in [2.05, 4.69) is 27.9 Å². The van der Waals surface area contributed by atoms with E-state index in [4.69, 9.17) is 17.3 Å². The summed E-state index contributed by atoms with van der Waals surface area (Å²) in [6, 6.07) is 2.22. The second kappa shape index (κ2) is 5.75. The minimum absolute atomic E-state index is 0.527. The second-order valence-electron chi connectivity index (χ2n) is 5.24. The third kappa shape index (κ3) is 2.40. The first kappa shape index (κ1) is 15.1. The van der Waals surface area contributed by atoms with Crippen LogP contribution in [-0.2, 0) is 19.4 Å². The number of aryl methyl sites for hydroxylation is 1. The monoisotopic (exact) mass is 333 g/mol. The highest BCUT2D eigenvalue weighted by Gasteiger charge is 2.26. The zero-order valence-electron chi connectivity index (χ0n) is 12.5. The summed E-state index contributed by atoms with van der Waals surface area (Å²) < 4.78 is 0. The van der Waals surface area contributed by atoms with Crippen molar-refractivity contribution in [3.63, 3.8) is 0 Å². The van der Waals surface area contributed by atoms with Gasteiger partial charge in [0.2, 0.25) is 0 Å². The van der Waals surface area contributed by atoms with Gasteiger partial charge in [0.05, 0.1) is 12.1 Å². The van der Waals surface area contributed by atoms with Crippen LogP contribution in [0.25, 0.3) is 0 Å². The zero-order valence-corrected chi connectivity index (χ0v) is 14.1. The first-order chi connectivity index (χ1) is 10.5. The molecule has 0 fully saturated rings. The number of nitrogens with two attached hydrogens (primary N) is 1. The number of fused-ring (bicyclic) bond motifs is 1. The van der Waals surface area contributed by atoms with Crippen LogP contribution in [0.1, 0.15) is 34.3 Å². The summed E-state index contributed by atoms with van der Waals surface area (Å²) in [6.07, 6.45) is 1.59. The van der Waals surface area contributed by atoms with Crippen LogP contribution in [0.15, 0.2) is 0 Å². The van der Waals surface area contributed by atoms with E-state index in [0.29, 0.717) is 28.1 Å². The molecule has 0 bridgehead atoms. The molecule has 2 aromatic heterocycles. The van der Waals surface area contributed by atoms with Crippen molar-refractivity contribution in [3.8, 4) is 6.07 Å². The minimum atomic E-state index is 0.527. The van der Waals surface area contributed by atoms with Crippen molar-refractivity contribution in [1.29, 1.82) is 5.26 Å². The SMILES string of the molecule is CCc1c(Cl)nc(C)nc1N1CCc2c(sc(N)c2C#N)C1. The smallest absolute Gasteiger partial charge is 0.138 e. The molecule has 0 saturated carbocycles. The number of nitriles is 1. The van der Waals surface area contributed by atoms with Gasteiger partial charge in [-0.05, 0) is 25.3 Å². The number of halogens is 1. The molecule has 2 N–H and O–H groups in total. The number of anilines is 2. The molecule has 22 heavy (non-hydrogen) atoms. The van der Waals surface area contributed by atoms with E-state index in [9.17, 15) is 5.26 Å². The van der Waals surface area contributed by atoms with Gasteiger partial charge in [0, 0.05) is 17.0 Å². The van der Waals surface area contributed by atoms with Gasteiger partial charge < -0.3 is 10.6 Å². The van der Waals surface area contributed by atoms with E-state index >= 15 is 0 Å². The number of aromatic nitrogens is 2.